The van der Waals surface area contributed by atoms with Crippen molar-refractivity contribution < 1.29 is 4.74 Å². The summed E-state index contributed by atoms with van der Waals surface area (Å²) in [7, 11) is 1.67. The molecule has 1 atom stereocenters. The number of nitrogens with zero attached hydrogens (tertiary/aromatic N) is 2. The van der Waals surface area contributed by atoms with Crippen LogP contribution < -0.4 is 10.1 Å². The predicted octanol–water partition coefficient (Wildman–Crippen LogP) is 3.48. The molecule has 1 aromatic heterocycles. The van der Waals surface area contributed by atoms with Crippen LogP contribution in [0.2, 0.25) is 5.02 Å². The summed E-state index contributed by atoms with van der Waals surface area (Å²) in [5.41, 5.74) is 2.03. The number of halogens is 1. The fourth-order valence-electron chi connectivity index (χ4n) is 2.05. The van der Waals surface area contributed by atoms with Gasteiger partial charge in [0.25, 0.3) is 0 Å². The first kappa shape index (κ1) is 15.2. The first-order valence-corrected chi connectivity index (χ1v) is 7.78. The molecule has 20 heavy (non-hydrogen) atoms. The standard InChI is InChI=1S/C14H18ClN3OS/c1-3-6-16-12(13-9-20-18-17-13)8-10-7-11(15)4-5-14(10)19-2/h4-5,7,9,12,16H,3,6,8H2,1-2H3. The molecule has 0 aliphatic carbocycles. The molecule has 1 aromatic carbocycles. The second-order valence-corrected chi connectivity index (χ2v) is 5.54. The van der Waals surface area contributed by atoms with Crippen LogP contribution in [0.4, 0.5) is 0 Å². The molecule has 0 fully saturated rings. The van der Waals surface area contributed by atoms with Crippen LogP contribution in [0.1, 0.15) is 30.6 Å². The zero-order valence-corrected chi connectivity index (χ0v) is 13.2. The van der Waals surface area contributed by atoms with Crippen molar-refractivity contribution in [3.63, 3.8) is 0 Å². The van der Waals surface area contributed by atoms with Crippen molar-refractivity contribution in [3.8, 4) is 5.75 Å². The Kier molecular flexibility index (Phi) is 5.76. The quantitative estimate of drug-likeness (QED) is 0.850. The van der Waals surface area contributed by atoms with Crippen LogP contribution in [0.5, 0.6) is 5.75 Å². The van der Waals surface area contributed by atoms with Crippen molar-refractivity contribution >= 4 is 23.1 Å². The first-order valence-electron chi connectivity index (χ1n) is 6.57. The summed E-state index contributed by atoms with van der Waals surface area (Å²) < 4.78 is 9.35. The lowest BCUT2D eigenvalue weighted by Gasteiger charge is -2.18. The van der Waals surface area contributed by atoms with E-state index in [9.17, 15) is 0 Å². The van der Waals surface area contributed by atoms with Crippen molar-refractivity contribution in [2.24, 2.45) is 0 Å². The number of aromatic nitrogens is 2. The van der Waals surface area contributed by atoms with E-state index in [4.69, 9.17) is 16.3 Å². The minimum Gasteiger partial charge on any atom is -0.496 e. The lowest BCUT2D eigenvalue weighted by atomic mass is 10.0. The summed E-state index contributed by atoms with van der Waals surface area (Å²) in [5, 5.41) is 10.4. The summed E-state index contributed by atoms with van der Waals surface area (Å²) in [6, 6.07) is 5.80. The Morgan fingerprint density at radius 2 is 2.30 bits per heavy atom. The van der Waals surface area contributed by atoms with Gasteiger partial charge in [-0.3, -0.25) is 0 Å². The average Bonchev–Trinajstić information content (AvgIpc) is 2.97. The molecule has 2 aromatic rings. The van der Waals surface area contributed by atoms with E-state index in [-0.39, 0.29) is 6.04 Å². The molecule has 0 radical (unpaired) electrons. The lowest BCUT2D eigenvalue weighted by Crippen LogP contribution is -2.24. The van der Waals surface area contributed by atoms with Crippen molar-refractivity contribution in [1.29, 1.82) is 0 Å². The third kappa shape index (κ3) is 3.91. The molecule has 0 saturated carbocycles. The van der Waals surface area contributed by atoms with Gasteiger partial charge < -0.3 is 10.1 Å². The van der Waals surface area contributed by atoms with Crippen LogP contribution in [0.15, 0.2) is 23.6 Å². The minimum atomic E-state index is 0.126. The predicted molar refractivity (Wildman–Crippen MR) is 82.7 cm³/mol. The maximum atomic E-state index is 6.08. The van der Waals surface area contributed by atoms with Gasteiger partial charge in [-0.2, -0.15) is 0 Å². The maximum absolute atomic E-state index is 6.08. The summed E-state index contributed by atoms with van der Waals surface area (Å²) in [6.45, 7) is 3.08. The molecule has 0 spiro atoms. The largest absolute Gasteiger partial charge is 0.496 e. The number of nitrogens with one attached hydrogen (secondary N) is 1. The highest BCUT2D eigenvalue weighted by atomic mass is 35.5. The monoisotopic (exact) mass is 311 g/mol. The smallest absolute Gasteiger partial charge is 0.122 e. The molecule has 2 rings (SSSR count). The van der Waals surface area contributed by atoms with E-state index in [1.54, 1.807) is 7.11 Å². The Bertz CT molecular complexity index is 533. The van der Waals surface area contributed by atoms with Gasteiger partial charge in [0.05, 0.1) is 18.8 Å². The number of rotatable bonds is 7. The van der Waals surface area contributed by atoms with Crippen LogP contribution in [0.3, 0.4) is 0 Å². The zero-order chi connectivity index (χ0) is 14.4. The molecule has 0 aliphatic rings. The minimum absolute atomic E-state index is 0.126. The molecular formula is C14H18ClN3OS. The maximum Gasteiger partial charge on any atom is 0.122 e. The highest BCUT2D eigenvalue weighted by Gasteiger charge is 2.17. The lowest BCUT2D eigenvalue weighted by molar-refractivity contribution is 0.404. The van der Waals surface area contributed by atoms with E-state index in [2.05, 4.69) is 21.8 Å². The van der Waals surface area contributed by atoms with Crippen LogP contribution in [0, 0.1) is 0 Å². The zero-order valence-electron chi connectivity index (χ0n) is 11.6. The number of ether oxygens (including phenoxy) is 1. The average molecular weight is 312 g/mol. The van der Waals surface area contributed by atoms with E-state index in [0.29, 0.717) is 5.02 Å². The van der Waals surface area contributed by atoms with Crippen molar-refractivity contribution in [1.82, 2.24) is 14.9 Å². The molecular weight excluding hydrogens is 294 g/mol. The number of hydrogen-bond acceptors (Lipinski definition) is 5. The Hall–Kier alpha value is -1.17. The first-order chi connectivity index (χ1) is 9.74. The molecule has 1 N–H and O–H groups in total. The number of methoxy groups -OCH3 is 1. The SMILES string of the molecule is CCCNC(Cc1cc(Cl)ccc1OC)c1csnn1. The van der Waals surface area contributed by atoms with Gasteiger partial charge in [-0.1, -0.05) is 23.0 Å². The Balaban J connectivity index is 2.21. The number of hydrogen-bond donors (Lipinski definition) is 1. The molecule has 0 amide bonds. The summed E-state index contributed by atoms with van der Waals surface area (Å²) in [4.78, 5) is 0. The number of benzene rings is 1. The normalized spacial score (nSPS) is 12.3. The molecule has 4 nitrogen and oxygen atoms in total. The van der Waals surface area contributed by atoms with Gasteiger partial charge >= 0.3 is 0 Å². The third-order valence-electron chi connectivity index (χ3n) is 3.04. The summed E-state index contributed by atoms with van der Waals surface area (Å²) in [6.07, 6.45) is 1.84. The van der Waals surface area contributed by atoms with Crippen molar-refractivity contribution in [3.05, 3.63) is 39.9 Å². The third-order valence-corrected chi connectivity index (χ3v) is 3.80. The summed E-state index contributed by atoms with van der Waals surface area (Å²) >= 11 is 7.45. The Morgan fingerprint density at radius 1 is 1.45 bits per heavy atom. The van der Waals surface area contributed by atoms with E-state index < -0.39 is 0 Å². The second kappa shape index (κ2) is 7.57. The van der Waals surface area contributed by atoms with Crippen molar-refractivity contribution in [2.75, 3.05) is 13.7 Å². The fourth-order valence-corrected chi connectivity index (χ4v) is 2.75. The fraction of sp³-hybridized carbons (Fsp3) is 0.429. The van der Waals surface area contributed by atoms with E-state index >= 15 is 0 Å². The highest BCUT2D eigenvalue weighted by Crippen LogP contribution is 2.27. The molecule has 0 saturated heterocycles. The van der Waals surface area contributed by atoms with Gasteiger partial charge in [0.15, 0.2) is 0 Å². The topological polar surface area (TPSA) is 47.0 Å². The van der Waals surface area contributed by atoms with E-state index in [0.717, 1.165) is 36.4 Å². The molecule has 6 heteroatoms. The molecule has 108 valence electrons. The Labute approximate surface area is 128 Å². The van der Waals surface area contributed by atoms with Crippen LogP contribution in [-0.2, 0) is 6.42 Å². The van der Waals surface area contributed by atoms with Gasteiger partial charge in [0.1, 0.15) is 5.75 Å². The van der Waals surface area contributed by atoms with Gasteiger partial charge in [0.2, 0.25) is 0 Å². The van der Waals surface area contributed by atoms with Crippen molar-refractivity contribution in [2.45, 2.75) is 25.8 Å². The van der Waals surface area contributed by atoms with E-state index in [1.165, 1.54) is 11.5 Å². The molecule has 0 aliphatic heterocycles. The van der Waals surface area contributed by atoms with Crippen LogP contribution >= 0.6 is 23.1 Å². The van der Waals surface area contributed by atoms with Gasteiger partial charge in [-0.15, -0.1) is 5.10 Å². The van der Waals surface area contributed by atoms with Gasteiger partial charge in [-0.05, 0) is 54.7 Å². The summed E-state index contributed by atoms with van der Waals surface area (Å²) in [5.74, 6) is 0.848. The van der Waals surface area contributed by atoms with Crippen LogP contribution in [0.25, 0.3) is 0 Å². The highest BCUT2D eigenvalue weighted by molar-refractivity contribution is 7.03. The van der Waals surface area contributed by atoms with E-state index in [1.807, 2.05) is 23.6 Å². The second-order valence-electron chi connectivity index (χ2n) is 4.50. The molecule has 1 heterocycles. The van der Waals surface area contributed by atoms with Gasteiger partial charge in [-0.25, -0.2) is 0 Å². The van der Waals surface area contributed by atoms with Crippen LogP contribution in [-0.4, -0.2) is 23.2 Å². The molecule has 0 bridgehead atoms. The molecule has 1 unspecified atom stereocenters. The van der Waals surface area contributed by atoms with Gasteiger partial charge in [0, 0.05) is 10.4 Å². The Morgan fingerprint density at radius 3 is 2.95 bits per heavy atom.